The third-order valence-corrected chi connectivity index (χ3v) is 1.97. The van der Waals surface area contributed by atoms with E-state index in [1.165, 1.54) is 5.54 Å². The molecule has 0 nitrogen and oxygen atoms in total. The third-order valence-electron chi connectivity index (χ3n) is 1.42. The number of hydrogen-bond donors (Lipinski definition) is 0. The number of halogens is 2. The Morgan fingerprint density at radius 2 is 1.91 bits per heavy atom. The Morgan fingerprint density at radius 3 is 2.36 bits per heavy atom. The maximum absolute atomic E-state index is 5.65. The fraction of sp³-hybridized carbons (Fsp3) is 0.111. The van der Waals surface area contributed by atoms with Gasteiger partial charge in [-0.05, 0) is 11.1 Å². The third kappa shape index (κ3) is 2.25. The van der Waals surface area contributed by atoms with Crippen LogP contribution in [0.25, 0.3) is 5.57 Å². The molecule has 0 saturated carbocycles. The zero-order valence-corrected chi connectivity index (χ0v) is 7.44. The number of allylic oxidation sites excluding steroid dienone is 1. The van der Waals surface area contributed by atoms with Crippen molar-refractivity contribution in [3.8, 4) is 0 Å². The number of hydrogen-bond acceptors (Lipinski definition) is 0. The molecule has 58 valence electrons. The predicted octanol–water partition coefficient (Wildman–Crippen LogP) is 3.51. The number of rotatable bonds is 2. The quantitative estimate of drug-likeness (QED) is 0.621. The summed E-state index contributed by atoms with van der Waals surface area (Å²) in [5, 5.41) is 0. The molecule has 0 aromatic heterocycles. The van der Waals surface area contributed by atoms with Crippen LogP contribution in [0.5, 0.6) is 0 Å². The van der Waals surface area contributed by atoms with Crippen molar-refractivity contribution in [1.82, 2.24) is 0 Å². The molecule has 0 bridgehead atoms. The average Bonchev–Trinajstić information content (AvgIpc) is 2.09. The summed E-state index contributed by atoms with van der Waals surface area (Å²) >= 11 is 11.2. The van der Waals surface area contributed by atoms with Crippen molar-refractivity contribution in [3.63, 3.8) is 0 Å². The van der Waals surface area contributed by atoms with E-state index < -0.39 is 0 Å². The second-order valence-corrected chi connectivity index (χ2v) is 2.62. The Kier molecular flexibility index (Phi) is 3.47. The van der Waals surface area contributed by atoms with Gasteiger partial charge in [0.25, 0.3) is 0 Å². The second kappa shape index (κ2) is 4.42. The molecule has 0 unspecified atom stereocenters. The molecule has 0 aliphatic heterocycles. The van der Waals surface area contributed by atoms with Crippen molar-refractivity contribution in [2.24, 2.45) is 0 Å². The minimum Gasteiger partial charge on any atom is -0.121 e. The molecule has 0 aliphatic carbocycles. The SMILES string of the molecule is Cl/C=C(\CCl)c1ccccc1. The van der Waals surface area contributed by atoms with Gasteiger partial charge in [0, 0.05) is 11.4 Å². The van der Waals surface area contributed by atoms with E-state index in [0.717, 1.165) is 11.1 Å². The first-order valence-electron chi connectivity index (χ1n) is 3.29. The van der Waals surface area contributed by atoms with Crippen molar-refractivity contribution < 1.29 is 0 Å². The van der Waals surface area contributed by atoms with Crippen molar-refractivity contribution >= 4 is 28.8 Å². The van der Waals surface area contributed by atoms with E-state index in [4.69, 9.17) is 23.2 Å². The molecule has 1 aromatic rings. The van der Waals surface area contributed by atoms with Crippen LogP contribution in [0.1, 0.15) is 5.56 Å². The largest absolute Gasteiger partial charge is 0.121 e. The van der Waals surface area contributed by atoms with E-state index in [0.29, 0.717) is 5.88 Å². The van der Waals surface area contributed by atoms with Gasteiger partial charge >= 0.3 is 0 Å². The van der Waals surface area contributed by atoms with Gasteiger partial charge in [0.15, 0.2) is 0 Å². The zero-order valence-electron chi connectivity index (χ0n) is 5.93. The van der Waals surface area contributed by atoms with Gasteiger partial charge in [0.2, 0.25) is 0 Å². The van der Waals surface area contributed by atoms with Crippen LogP contribution < -0.4 is 0 Å². The fourth-order valence-corrected chi connectivity index (χ4v) is 1.34. The van der Waals surface area contributed by atoms with Crippen molar-refractivity contribution in [1.29, 1.82) is 0 Å². The fourth-order valence-electron chi connectivity index (χ4n) is 0.822. The predicted molar refractivity (Wildman–Crippen MR) is 51.0 cm³/mol. The highest BCUT2D eigenvalue weighted by molar-refractivity contribution is 6.31. The molecular weight excluding hydrogens is 179 g/mol. The standard InChI is InChI=1S/C9H8Cl2/c10-6-9(7-11)8-4-2-1-3-5-8/h1-6H,7H2/b9-6+. The molecular formula is C9H8Cl2. The molecule has 11 heavy (non-hydrogen) atoms. The molecule has 0 fully saturated rings. The van der Waals surface area contributed by atoms with Gasteiger partial charge in [-0.15, -0.1) is 11.6 Å². The molecule has 0 heterocycles. The van der Waals surface area contributed by atoms with Gasteiger partial charge in [-0.1, -0.05) is 41.9 Å². The summed E-state index contributed by atoms with van der Waals surface area (Å²) in [6.07, 6.45) is 0. The maximum Gasteiger partial charge on any atom is 0.0488 e. The zero-order chi connectivity index (χ0) is 8.10. The van der Waals surface area contributed by atoms with Crippen LogP contribution >= 0.6 is 23.2 Å². The highest BCUT2D eigenvalue weighted by atomic mass is 35.5. The van der Waals surface area contributed by atoms with Crippen LogP contribution in [-0.4, -0.2) is 5.88 Å². The lowest BCUT2D eigenvalue weighted by molar-refractivity contribution is 1.58. The van der Waals surface area contributed by atoms with E-state index in [1.807, 2.05) is 30.3 Å². The van der Waals surface area contributed by atoms with Crippen LogP contribution in [0.15, 0.2) is 35.9 Å². The minimum atomic E-state index is 0.452. The number of alkyl halides is 1. The molecule has 2 heteroatoms. The van der Waals surface area contributed by atoms with Crippen LogP contribution in [0, 0.1) is 0 Å². The van der Waals surface area contributed by atoms with E-state index in [9.17, 15) is 0 Å². The molecule has 1 aromatic carbocycles. The van der Waals surface area contributed by atoms with E-state index >= 15 is 0 Å². The molecule has 0 N–H and O–H groups in total. The second-order valence-electron chi connectivity index (χ2n) is 2.13. The molecule has 0 atom stereocenters. The maximum atomic E-state index is 5.65. The summed E-state index contributed by atoms with van der Waals surface area (Å²) in [6, 6.07) is 9.85. The normalized spacial score (nSPS) is 11.6. The minimum absolute atomic E-state index is 0.452. The first-order chi connectivity index (χ1) is 5.38. The van der Waals surface area contributed by atoms with Crippen LogP contribution in [0.3, 0.4) is 0 Å². The molecule has 0 aliphatic rings. The average molecular weight is 187 g/mol. The topological polar surface area (TPSA) is 0 Å². The Bertz CT molecular complexity index is 239. The van der Waals surface area contributed by atoms with Crippen molar-refractivity contribution in [3.05, 3.63) is 41.4 Å². The Morgan fingerprint density at radius 1 is 1.27 bits per heavy atom. The lowest BCUT2D eigenvalue weighted by Gasteiger charge is -1.99. The van der Waals surface area contributed by atoms with Crippen LogP contribution in [0.4, 0.5) is 0 Å². The lowest BCUT2D eigenvalue weighted by Crippen LogP contribution is -1.82. The summed E-state index contributed by atoms with van der Waals surface area (Å²) in [5.74, 6) is 0.452. The highest BCUT2D eigenvalue weighted by Crippen LogP contribution is 2.15. The highest BCUT2D eigenvalue weighted by Gasteiger charge is 1.96. The summed E-state index contributed by atoms with van der Waals surface area (Å²) in [5.41, 5.74) is 3.55. The van der Waals surface area contributed by atoms with E-state index in [-0.39, 0.29) is 0 Å². The lowest BCUT2D eigenvalue weighted by atomic mass is 10.1. The van der Waals surface area contributed by atoms with Gasteiger partial charge in [-0.25, -0.2) is 0 Å². The Hall–Kier alpha value is -0.460. The van der Waals surface area contributed by atoms with Crippen LogP contribution in [0.2, 0.25) is 0 Å². The van der Waals surface area contributed by atoms with E-state index in [1.54, 1.807) is 0 Å². The molecule has 0 amide bonds. The van der Waals surface area contributed by atoms with Gasteiger partial charge in [-0.3, -0.25) is 0 Å². The van der Waals surface area contributed by atoms with E-state index in [2.05, 4.69) is 0 Å². The van der Waals surface area contributed by atoms with Gasteiger partial charge < -0.3 is 0 Å². The molecule has 0 radical (unpaired) electrons. The number of benzene rings is 1. The summed E-state index contributed by atoms with van der Waals surface area (Å²) < 4.78 is 0. The van der Waals surface area contributed by atoms with Crippen molar-refractivity contribution in [2.75, 3.05) is 5.88 Å². The van der Waals surface area contributed by atoms with Crippen molar-refractivity contribution in [2.45, 2.75) is 0 Å². The molecule has 0 spiro atoms. The summed E-state index contributed by atoms with van der Waals surface area (Å²) in [4.78, 5) is 0. The first-order valence-corrected chi connectivity index (χ1v) is 4.26. The van der Waals surface area contributed by atoms with Gasteiger partial charge in [0.1, 0.15) is 0 Å². The summed E-state index contributed by atoms with van der Waals surface area (Å²) in [6.45, 7) is 0. The molecule has 1 rings (SSSR count). The molecule has 0 saturated heterocycles. The summed E-state index contributed by atoms with van der Waals surface area (Å²) in [7, 11) is 0. The first kappa shape index (κ1) is 8.63. The smallest absolute Gasteiger partial charge is 0.0488 e. The van der Waals surface area contributed by atoms with Gasteiger partial charge in [-0.2, -0.15) is 0 Å². The van der Waals surface area contributed by atoms with Crippen LogP contribution in [-0.2, 0) is 0 Å². The Labute approximate surface area is 76.4 Å². The van der Waals surface area contributed by atoms with Gasteiger partial charge in [0.05, 0.1) is 0 Å². The Balaban J connectivity index is 2.92. The monoisotopic (exact) mass is 186 g/mol.